The number of carbonyl (C=O) groups is 1. The molecule has 0 aromatic heterocycles. The molecule has 1 aliphatic rings. The normalized spacial score (nSPS) is 16.6. The molecule has 0 saturated carbocycles. The van der Waals surface area contributed by atoms with Gasteiger partial charge in [0, 0.05) is 17.1 Å². The molecule has 1 atom stereocenters. The molecule has 2 aromatic carbocycles. The number of halogens is 1. The lowest BCUT2D eigenvalue weighted by molar-refractivity contribution is -0.118. The molecule has 0 aliphatic carbocycles. The SMILES string of the molecule is CCN(C(=O)C1Cc2ccccc2S1)c1ccc(F)cc1. The number of carbonyl (C=O) groups excluding carboxylic acids is 1. The molecule has 0 bridgehead atoms. The van der Waals surface area contributed by atoms with Crippen LogP contribution < -0.4 is 4.90 Å². The number of hydrogen-bond acceptors (Lipinski definition) is 2. The van der Waals surface area contributed by atoms with Crippen molar-refractivity contribution in [2.24, 2.45) is 0 Å². The quantitative estimate of drug-likeness (QED) is 0.857. The minimum atomic E-state index is -0.287. The lowest BCUT2D eigenvalue weighted by atomic mass is 10.1. The van der Waals surface area contributed by atoms with Gasteiger partial charge in [0.1, 0.15) is 5.82 Å². The number of rotatable bonds is 3. The molecule has 1 amide bonds. The highest BCUT2D eigenvalue weighted by atomic mass is 32.2. The second kappa shape index (κ2) is 5.90. The Kier molecular flexibility index (Phi) is 3.97. The van der Waals surface area contributed by atoms with Crippen molar-refractivity contribution in [1.82, 2.24) is 0 Å². The number of anilines is 1. The van der Waals surface area contributed by atoms with E-state index in [1.807, 2.05) is 19.1 Å². The van der Waals surface area contributed by atoms with Crippen LogP contribution in [0.15, 0.2) is 53.4 Å². The van der Waals surface area contributed by atoms with Crippen LogP contribution in [0.25, 0.3) is 0 Å². The van der Waals surface area contributed by atoms with E-state index in [1.165, 1.54) is 22.6 Å². The van der Waals surface area contributed by atoms with E-state index in [0.29, 0.717) is 6.54 Å². The summed E-state index contributed by atoms with van der Waals surface area (Å²) in [6, 6.07) is 14.2. The Morgan fingerprint density at radius 2 is 1.95 bits per heavy atom. The number of benzene rings is 2. The first-order valence-electron chi connectivity index (χ1n) is 7.00. The molecule has 3 rings (SSSR count). The van der Waals surface area contributed by atoms with Crippen molar-refractivity contribution < 1.29 is 9.18 Å². The standard InChI is InChI=1S/C17H16FNOS/c1-2-19(14-9-7-13(18)8-10-14)17(20)16-11-12-5-3-4-6-15(12)21-16/h3-10,16H,2,11H2,1H3. The van der Waals surface area contributed by atoms with Crippen molar-refractivity contribution in [2.75, 3.05) is 11.4 Å². The summed E-state index contributed by atoms with van der Waals surface area (Å²) in [6.45, 7) is 2.52. The van der Waals surface area contributed by atoms with E-state index in [9.17, 15) is 9.18 Å². The summed E-state index contributed by atoms with van der Waals surface area (Å²) in [5.74, 6) is -0.199. The molecule has 0 saturated heterocycles. The predicted octanol–water partition coefficient (Wildman–Crippen LogP) is 3.90. The van der Waals surface area contributed by atoms with Gasteiger partial charge in [-0.2, -0.15) is 0 Å². The highest BCUT2D eigenvalue weighted by Gasteiger charge is 2.31. The molecular formula is C17H16FNOS. The molecule has 0 N–H and O–H groups in total. The fourth-order valence-corrected chi connectivity index (χ4v) is 3.84. The van der Waals surface area contributed by atoms with Crippen LogP contribution in [0.3, 0.4) is 0 Å². The molecule has 2 nitrogen and oxygen atoms in total. The minimum Gasteiger partial charge on any atom is -0.312 e. The summed E-state index contributed by atoms with van der Waals surface area (Å²) in [5, 5.41) is -0.0904. The largest absolute Gasteiger partial charge is 0.312 e. The summed E-state index contributed by atoms with van der Waals surface area (Å²) in [5.41, 5.74) is 1.98. The smallest absolute Gasteiger partial charge is 0.240 e. The summed E-state index contributed by atoms with van der Waals surface area (Å²) in [6.07, 6.45) is 0.761. The van der Waals surface area contributed by atoms with Gasteiger partial charge in [-0.05, 0) is 49.2 Å². The minimum absolute atomic E-state index is 0.0882. The van der Waals surface area contributed by atoms with Crippen LogP contribution in [0, 0.1) is 5.82 Å². The maximum atomic E-state index is 13.0. The molecular weight excluding hydrogens is 285 g/mol. The molecule has 0 fully saturated rings. The second-order valence-corrected chi connectivity index (χ2v) is 6.22. The number of nitrogens with zero attached hydrogens (tertiary/aromatic N) is 1. The van der Waals surface area contributed by atoms with Crippen molar-refractivity contribution in [3.8, 4) is 0 Å². The van der Waals surface area contributed by atoms with Crippen molar-refractivity contribution in [3.05, 3.63) is 59.9 Å². The zero-order valence-corrected chi connectivity index (χ0v) is 12.6. The number of thioether (sulfide) groups is 1. The van der Waals surface area contributed by atoms with Crippen LogP contribution in [0.1, 0.15) is 12.5 Å². The van der Waals surface area contributed by atoms with Crippen LogP contribution in [-0.2, 0) is 11.2 Å². The molecule has 1 unspecified atom stereocenters. The van der Waals surface area contributed by atoms with Crippen LogP contribution in [0.4, 0.5) is 10.1 Å². The molecule has 108 valence electrons. The lowest BCUT2D eigenvalue weighted by Crippen LogP contribution is -2.37. The van der Waals surface area contributed by atoms with Gasteiger partial charge in [-0.3, -0.25) is 4.79 Å². The molecule has 1 heterocycles. The van der Waals surface area contributed by atoms with Gasteiger partial charge in [-0.1, -0.05) is 18.2 Å². The summed E-state index contributed by atoms with van der Waals surface area (Å²) >= 11 is 1.62. The topological polar surface area (TPSA) is 20.3 Å². The van der Waals surface area contributed by atoms with E-state index in [0.717, 1.165) is 12.1 Å². The maximum Gasteiger partial charge on any atom is 0.240 e. The number of amides is 1. The van der Waals surface area contributed by atoms with Gasteiger partial charge >= 0.3 is 0 Å². The van der Waals surface area contributed by atoms with Gasteiger partial charge in [0.25, 0.3) is 0 Å². The zero-order chi connectivity index (χ0) is 14.8. The molecule has 1 aliphatic heterocycles. The van der Waals surface area contributed by atoms with Gasteiger partial charge < -0.3 is 4.90 Å². The average Bonchev–Trinajstić information content (AvgIpc) is 2.93. The third-order valence-electron chi connectivity index (χ3n) is 3.64. The third-order valence-corrected chi connectivity index (χ3v) is 4.95. The van der Waals surface area contributed by atoms with E-state index < -0.39 is 0 Å². The first-order chi connectivity index (χ1) is 10.2. The summed E-state index contributed by atoms with van der Waals surface area (Å²) < 4.78 is 13.0. The van der Waals surface area contributed by atoms with Crippen LogP contribution in [0.2, 0.25) is 0 Å². The predicted molar refractivity (Wildman–Crippen MR) is 84.2 cm³/mol. The third kappa shape index (κ3) is 2.81. The first kappa shape index (κ1) is 14.1. The monoisotopic (exact) mass is 301 g/mol. The highest BCUT2D eigenvalue weighted by molar-refractivity contribution is 8.01. The summed E-state index contributed by atoms with van der Waals surface area (Å²) in [7, 11) is 0. The fourth-order valence-electron chi connectivity index (χ4n) is 2.58. The molecule has 4 heteroatoms. The Morgan fingerprint density at radius 3 is 2.62 bits per heavy atom. The van der Waals surface area contributed by atoms with E-state index in [-0.39, 0.29) is 17.0 Å². The van der Waals surface area contributed by atoms with Crippen LogP contribution in [0.5, 0.6) is 0 Å². The zero-order valence-electron chi connectivity index (χ0n) is 11.8. The fraction of sp³-hybridized carbons (Fsp3) is 0.235. The maximum absolute atomic E-state index is 13.0. The van der Waals surface area contributed by atoms with Gasteiger partial charge in [-0.25, -0.2) is 4.39 Å². The van der Waals surface area contributed by atoms with Gasteiger partial charge in [0.15, 0.2) is 0 Å². The van der Waals surface area contributed by atoms with E-state index >= 15 is 0 Å². The Balaban J connectivity index is 1.80. The Labute approximate surface area is 128 Å². The molecule has 0 radical (unpaired) electrons. The van der Waals surface area contributed by atoms with Gasteiger partial charge in [0.05, 0.1) is 5.25 Å². The van der Waals surface area contributed by atoms with Crippen molar-refractivity contribution in [1.29, 1.82) is 0 Å². The first-order valence-corrected chi connectivity index (χ1v) is 7.88. The average molecular weight is 301 g/mol. The van der Waals surface area contributed by atoms with E-state index in [1.54, 1.807) is 28.8 Å². The van der Waals surface area contributed by atoms with Crippen LogP contribution >= 0.6 is 11.8 Å². The molecule has 0 spiro atoms. The Hall–Kier alpha value is -1.81. The van der Waals surface area contributed by atoms with Crippen molar-refractivity contribution in [3.63, 3.8) is 0 Å². The molecule has 2 aromatic rings. The number of fused-ring (bicyclic) bond motifs is 1. The lowest BCUT2D eigenvalue weighted by Gasteiger charge is -2.24. The summed E-state index contributed by atoms with van der Waals surface area (Å²) in [4.78, 5) is 15.7. The number of hydrogen-bond donors (Lipinski definition) is 0. The Morgan fingerprint density at radius 1 is 1.24 bits per heavy atom. The van der Waals surface area contributed by atoms with E-state index in [2.05, 4.69) is 12.1 Å². The van der Waals surface area contributed by atoms with Gasteiger partial charge in [0.2, 0.25) is 5.91 Å². The van der Waals surface area contributed by atoms with Crippen LogP contribution in [-0.4, -0.2) is 17.7 Å². The van der Waals surface area contributed by atoms with Gasteiger partial charge in [-0.15, -0.1) is 11.8 Å². The molecule has 21 heavy (non-hydrogen) atoms. The Bertz CT molecular complexity index is 631. The highest BCUT2D eigenvalue weighted by Crippen LogP contribution is 2.38. The second-order valence-electron chi connectivity index (χ2n) is 4.98. The van der Waals surface area contributed by atoms with Crippen molar-refractivity contribution >= 4 is 23.4 Å². The van der Waals surface area contributed by atoms with Crippen molar-refractivity contribution in [2.45, 2.75) is 23.5 Å². The van der Waals surface area contributed by atoms with E-state index in [4.69, 9.17) is 0 Å².